The molecule has 2 rings (SSSR count). The lowest BCUT2D eigenvalue weighted by atomic mass is 10.0. The first kappa shape index (κ1) is 10.3. The van der Waals surface area contributed by atoms with Crippen LogP contribution in [0.5, 0.6) is 11.5 Å². The molecular weight excluding hydrogens is 190 g/mol. The van der Waals surface area contributed by atoms with Crippen molar-refractivity contribution >= 4 is 0 Å². The molecule has 15 heavy (non-hydrogen) atoms. The second kappa shape index (κ2) is 4.11. The minimum absolute atomic E-state index is 0.00173. The van der Waals surface area contributed by atoms with Crippen molar-refractivity contribution in [3.05, 3.63) is 23.3 Å². The lowest BCUT2D eigenvalue weighted by Gasteiger charge is -2.11. The number of phenolic OH excluding ortho intramolecular Hbond substituents is 2. The first-order valence-corrected chi connectivity index (χ1v) is 5.41. The van der Waals surface area contributed by atoms with Crippen LogP contribution in [0.2, 0.25) is 0 Å². The second-order valence-electron chi connectivity index (χ2n) is 4.28. The molecule has 3 N–H and O–H groups in total. The largest absolute Gasteiger partial charge is 0.504 e. The summed E-state index contributed by atoms with van der Waals surface area (Å²) in [6.07, 6.45) is 3.35. The van der Waals surface area contributed by atoms with Gasteiger partial charge in [0.05, 0.1) is 0 Å². The molecule has 1 heterocycles. The van der Waals surface area contributed by atoms with Crippen LogP contribution in [0.4, 0.5) is 0 Å². The highest BCUT2D eigenvalue weighted by Crippen LogP contribution is 2.30. The molecule has 0 bridgehead atoms. The lowest BCUT2D eigenvalue weighted by Crippen LogP contribution is -2.23. The van der Waals surface area contributed by atoms with Gasteiger partial charge in [0.1, 0.15) is 0 Å². The van der Waals surface area contributed by atoms with E-state index in [-0.39, 0.29) is 11.5 Å². The third-order valence-electron chi connectivity index (χ3n) is 2.98. The fourth-order valence-electron chi connectivity index (χ4n) is 2.17. The fourth-order valence-corrected chi connectivity index (χ4v) is 2.17. The van der Waals surface area contributed by atoms with E-state index in [0.717, 1.165) is 24.1 Å². The van der Waals surface area contributed by atoms with Crippen molar-refractivity contribution in [1.82, 2.24) is 5.32 Å². The van der Waals surface area contributed by atoms with Crippen LogP contribution in [0.1, 0.15) is 24.0 Å². The molecule has 1 aromatic carbocycles. The number of nitrogens with one attached hydrogen (secondary N) is 1. The van der Waals surface area contributed by atoms with E-state index in [4.69, 9.17) is 0 Å². The van der Waals surface area contributed by atoms with Crippen molar-refractivity contribution in [2.75, 3.05) is 6.54 Å². The lowest BCUT2D eigenvalue weighted by molar-refractivity contribution is 0.400. The van der Waals surface area contributed by atoms with Crippen LogP contribution in [0.15, 0.2) is 12.1 Å². The van der Waals surface area contributed by atoms with Gasteiger partial charge in [0, 0.05) is 6.04 Å². The Morgan fingerprint density at radius 1 is 1.40 bits per heavy atom. The zero-order chi connectivity index (χ0) is 10.8. The predicted molar refractivity (Wildman–Crippen MR) is 59.2 cm³/mol. The Hall–Kier alpha value is -1.22. The summed E-state index contributed by atoms with van der Waals surface area (Å²) in [4.78, 5) is 0. The van der Waals surface area contributed by atoms with Gasteiger partial charge in [-0.3, -0.25) is 0 Å². The molecule has 82 valence electrons. The maximum Gasteiger partial charge on any atom is 0.160 e. The molecule has 1 saturated heterocycles. The van der Waals surface area contributed by atoms with Crippen molar-refractivity contribution in [2.24, 2.45) is 0 Å². The molecule has 1 fully saturated rings. The Morgan fingerprint density at radius 3 is 2.80 bits per heavy atom. The molecule has 0 radical (unpaired) electrons. The fraction of sp³-hybridized carbons (Fsp3) is 0.500. The van der Waals surface area contributed by atoms with Crippen LogP contribution in [0.3, 0.4) is 0 Å². The van der Waals surface area contributed by atoms with Gasteiger partial charge in [-0.2, -0.15) is 0 Å². The molecule has 0 amide bonds. The van der Waals surface area contributed by atoms with Crippen molar-refractivity contribution in [3.63, 3.8) is 0 Å². The SMILES string of the molecule is Cc1cc(CC2CCCN2)cc(O)c1O. The second-order valence-corrected chi connectivity index (χ2v) is 4.28. The van der Waals surface area contributed by atoms with Crippen molar-refractivity contribution < 1.29 is 10.2 Å². The topological polar surface area (TPSA) is 52.5 Å². The number of hydrogen-bond acceptors (Lipinski definition) is 3. The van der Waals surface area contributed by atoms with Gasteiger partial charge in [0.2, 0.25) is 0 Å². The van der Waals surface area contributed by atoms with Crippen LogP contribution in [-0.2, 0) is 6.42 Å². The Morgan fingerprint density at radius 2 is 2.20 bits per heavy atom. The minimum Gasteiger partial charge on any atom is -0.504 e. The molecule has 3 heteroatoms. The Balaban J connectivity index is 2.14. The molecule has 0 spiro atoms. The summed E-state index contributed by atoms with van der Waals surface area (Å²) >= 11 is 0. The molecule has 3 nitrogen and oxygen atoms in total. The number of rotatable bonds is 2. The van der Waals surface area contributed by atoms with E-state index in [0.29, 0.717) is 6.04 Å². The normalized spacial score (nSPS) is 20.7. The van der Waals surface area contributed by atoms with Gasteiger partial charge in [0.25, 0.3) is 0 Å². The molecule has 1 aromatic rings. The highest BCUT2D eigenvalue weighted by Gasteiger charge is 2.15. The van der Waals surface area contributed by atoms with Gasteiger partial charge in [0.15, 0.2) is 11.5 Å². The standard InChI is InChI=1S/C12H17NO2/c1-8-5-9(7-11(14)12(8)15)6-10-3-2-4-13-10/h5,7,10,13-15H,2-4,6H2,1H3. The van der Waals surface area contributed by atoms with E-state index in [1.807, 2.05) is 6.07 Å². The zero-order valence-electron chi connectivity index (χ0n) is 8.95. The molecule has 0 aliphatic carbocycles. The van der Waals surface area contributed by atoms with Crippen LogP contribution >= 0.6 is 0 Å². The first-order valence-electron chi connectivity index (χ1n) is 5.41. The minimum atomic E-state index is -0.0111. The van der Waals surface area contributed by atoms with Gasteiger partial charge < -0.3 is 15.5 Å². The number of aryl methyl sites for hydroxylation is 1. The van der Waals surface area contributed by atoms with Gasteiger partial charge >= 0.3 is 0 Å². The van der Waals surface area contributed by atoms with Gasteiger partial charge in [-0.15, -0.1) is 0 Å². The summed E-state index contributed by atoms with van der Waals surface area (Å²) in [7, 11) is 0. The van der Waals surface area contributed by atoms with Gasteiger partial charge in [-0.1, -0.05) is 6.07 Å². The summed E-state index contributed by atoms with van der Waals surface area (Å²) in [5, 5.41) is 22.3. The third-order valence-corrected chi connectivity index (χ3v) is 2.98. The smallest absolute Gasteiger partial charge is 0.160 e. The van der Waals surface area contributed by atoms with Crippen LogP contribution in [0.25, 0.3) is 0 Å². The van der Waals surface area contributed by atoms with Gasteiger partial charge in [-0.25, -0.2) is 0 Å². The molecule has 1 aliphatic heterocycles. The molecule has 1 unspecified atom stereocenters. The molecule has 0 aromatic heterocycles. The van der Waals surface area contributed by atoms with Crippen molar-refractivity contribution in [2.45, 2.75) is 32.2 Å². The molecule has 0 saturated carbocycles. The maximum absolute atomic E-state index is 9.48. The average Bonchev–Trinajstić information content (AvgIpc) is 2.66. The quantitative estimate of drug-likeness (QED) is 0.647. The van der Waals surface area contributed by atoms with Crippen LogP contribution in [-0.4, -0.2) is 22.8 Å². The first-order chi connectivity index (χ1) is 7.16. The molecule has 1 atom stereocenters. The summed E-state index contributed by atoms with van der Waals surface area (Å²) < 4.78 is 0. The van der Waals surface area contributed by atoms with Crippen LogP contribution in [0, 0.1) is 6.92 Å². The summed E-state index contributed by atoms with van der Waals surface area (Å²) in [5.41, 5.74) is 1.82. The van der Waals surface area contributed by atoms with Crippen LogP contribution < -0.4 is 5.32 Å². The summed E-state index contributed by atoms with van der Waals surface area (Å²) in [6.45, 7) is 2.90. The van der Waals surface area contributed by atoms with E-state index in [1.165, 1.54) is 12.8 Å². The van der Waals surface area contributed by atoms with Gasteiger partial charge in [-0.05, 0) is 49.9 Å². The number of aromatic hydroxyl groups is 2. The Kier molecular flexibility index (Phi) is 2.82. The summed E-state index contributed by atoms with van der Waals surface area (Å²) in [6, 6.07) is 4.12. The number of phenols is 2. The average molecular weight is 207 g/mol. The van der Waals surface area contributed by atoms with E-state index in [1.54, 1.807) is 13.0 Å². The van der Waals surface area contributed by atoms with Crippen molar-refractivity contribution in [1.29, 1.82) is 0 Å². The van der Waals surface area contributed by atoms with Crippen molar-refractivity contribution in [3.8, 4) is 11.5 Å². The third kappa shape index (κ3) is 2.23. The Bertz CT molecular complexity index is 334. The highest BCUT2D eigenvalue weighted by atomic mass is 16.3. The van der Waals surface area contributed by atoms with E-state index >= 15 is 0 Å². The molecule has 1 aliphatic rings. The van der Waals surface area contributed by atoms with E-state index in [2.05, 4.69) is 5.32 Å². The predicted octanol–water partition coefficient (Wildman–Crippen LogP) is 1.70. The highest BCUT2D eigenvalue weighted by molar-refractivity contribution is 5.47. The molecular formula is C12H17NO2. The van der Waals surface area contributed by atoms with E-state index < -0.39 is 0 Å². The maximum atomic E-state index is 9.48. The summed E-state index contributed by atoms with van der Waals surface area (Å²) in [5.74, 6) is -0.0128. The number of benzene rings is 1. The zero-order valence-corrected chi connectivity index (χ0v) is 8.95. The monoisotopic (exact) mass is 207 g/mol. The number of hydrogen-bond donors (Lipinski definition) is 3. The Labute approximate surface area is 89.8 Å². The van der Waals surface area contributed by atoms with E-state index in [9.17, 15) is 10.2 Å².